The van der Waals surface area contributed by atoms with Gasteiger partial charge in [-0.3, -0.25) is 0 Å². The molecule has 0 amide bonds. The van der Waals surface area contributed by atoms with Gasteiger partial charge in [0.25, 0.3) is 0 Å². The number of aromatic nitrogens is 2. The van der Waals surface area contributed by atoms with Crippen LogP contribution in [-0.2, 0) is 7.05 Å². The summed E-state index contributed by atoms with van der Waals surface area (Å²) in [6, 6.07) is 0. The first-order chi connectivity index (χ1) is 5.57. The molecule has 1 heterocycles. The quantitative estimate of drug-likeness (QED) is 0.698. The first-order valence-electron chi connectivity index (χ1n) is 3.07. The van der Waals surface area contributed by atoms with E-state index in [0.717, 1.165) is 4.68 Å². The third kappa shape index (κ3) is 1.11. The lowest BCUT2D eigenvalue weighted by Gasteiger charge is -1.96. The van der Waals surface area contributed by atoms with Gasteiger partial charge in [-0.15, -0.1) is 0 Å². The van der Waals surface area contributed by atoms with E-state index in [-0.39, 0.29) is 5.88 Å². The molecule has 0 spiro atoms. The fraction of sp³-hybridized carbons (Fsp3) is 0.333. The molecule has 1 N–H and O–H groups in total. The normalized spacial score (nSPS) is 9.92. The number of aromatic carboxylic acids is 1. The highest BCUT2D eigenvalue weighted by Crippen LogP contribution is 2.18. The lowest BCUT2D eigenvalue weighted by Crippen LogP contribution is -2.00. The number of carboxylic acid groups (broad SMARTS) is 1. The van der Waals surface area contributed by atoms with Crippen LogP contribution < -0.4 is 4.74 Å². The van der Waals surface area contributed by atoms with Crippen LogP contribution in [0, 0.1) is 5.82 Å². The molecule has 1 aromatic rings. The monoisotopic (exact) mass is 174 g/mol. The van der Waals surface area contributed by atoms with Crippen molar-refractivity contribution >= 4 is 5.97 Å². The molecule has 1 aromatic heterocycles. The average molecular weight is 174 g/mol. The molecule has 0 aliphatic rings. The van der Waals surface area contributed by atoms with Gasteiger partial charge in [-0.25, -0.2) is 9.48 Å². The molecule has 0 saturated carbocycles. The van der Waals surface area contributed by atoms with Crippen molar-refractivity contribution in [3.63, 3.8) is 0 Å². The Morgan fingerprint density at radius 3 is 2.58 bits per heavy atom. The van der Waals surface area contributed by atoms with E-state index < -0.39 is 17.5 Å². The minimum atomic E-state index is -1.41. The fourth-order valence-electron chi connectivity index (χ4n) is 0.841. The van der Waals surface area contributed by atoms with Gasteiger partial charge in [0, 0.05) is 7.05 Å². The summed E-state index contributed by atoms with van der Waals surface area (Å²) in [5.74, 6) is -2.55. The van der Waals surface area contributed by atoms with Crippen molar-refractivity contribution in [2.45, 2.75) is 0 Å². The highest BCUT2D eigenvalue weighted by Gasteiger charge is 2.21. The van der Waals surface area contributed by atoms with Gasteiger partial charge in [0.15, 0.2) is 0 Å². The summed E-state index contributed by atoms with van der Waals surface area (Å²) in [6.07, 6.45) is 0. The number of ether oxygens (including phenoxy) is 1. The van der Waals surface area contributed by atoms with E-state index in [0.29, 0.717) is 0 Å². The Balaban J connectivity index is 3.26. The zero-order valence-corrected chi connectivity index (χ0v) is 6.54. The molecule has 0 radical (unpaired) electrons. The van der Waals surface area contributed by atoms with E-state index in [9.17, 15) is 9.18 Å². The first kappa shape index (κ1) is 8.51. The average Bonchev–Trinajstić information content (AvgIpc) is 2.27. The van der Waals surface area contributed by atoms with Crippen molar-refractivity contribution in [3.8, 4) is 5.88 Å². The molecule has 0 fully saturated rings. The Hall–Kier alpha value is -1.59. The fourth-order valence-corrected chi connectivity index (χ4v) is 0.841. The van der Waals surface area contributed by atoms with Gasteiger partial charge in [-0.05, 0) is 0 Å². The molecule has 0 aliphatic carbocycles. The number of halogens is 1. The van der Waals surface area contributed by atoms with Gasteiger partial charge in [-0.2, -0.15) is 9.49 Å². The molecular formula is C6H7FN2O3. The molecule has 0 unspecified atom stereocenters. The Morgan fingerprint density at radius 1 is 1.75 bits per heavy atom. The zero-order chi connectivity index (χ0) is 9.30. The molecule has 0 aromatic carbocycles. The van der Waals surface area contributed by atoms with Crippen molar-refractivity contribution in [3.05, 3.63) is 11.5 Å². The van der Waals surface area contributed by atoms with Gasteiger partial charge in [0.1, 0.15) is 0 Å². The van der Waals surface area contributed by atoms with Crippen LogP contribution in [0.2, 0.25) is 0 Å². The van der Waals surface area contributed by atoms with Crippen LogP contribution in [0.5, 0.6) is 5.88 Å². The van der Waals surface area contributed by atoms with Gasteiger partial charge >= 0.3 is 5.97 Å². The number of carboxylic acids is 1. The SMILES string of the molecule is COc1c(F)c(C(=O)O)nn1C. The van der Waals surface area contributed by atoms with Gasteiger partial charge in [0.05, 0.1) is 7.11 Å². The number of nitrogens with zero attached hydrogens (tertiary/aromatic N) is 2. The Kier molecular flexibility index (Phi) is 1.99. The molecule has 12 heavy (non-hydrogen) atoms. The lowest BCUT2D eigenvalue weighted by atomic mass is 10.4. The number of hydrogen-bond donors (Lipinski definition) is 1. The minimum absolute atomic E-state index is 0.188. The molecule has 5 nitrogen and oxygen atoms in total. The van der Waals surface area contributed by atoms with E-state index in [2.05, 4.69) is 9.84 Å². The maximum atomic E-state index is 13.0. The van der Waals surface area contributed by atoms with Crippen molar-refractivity contribution in [1.82, 2.24) is 9.78 Å². The third-order valence-corrected chi connectivity index (χ3v) is 1.34. The number of methoxy groups -OCH3 is 1. The Labute approximate surface area is 67.4 Å². The summed E-state index contributed by atoms with van der Waals surface area (Å²) in [6.45, 7) is 0. The van der Waals surface area contributed by atoms with Crippen molar-refractivity contribution in [1.29, 1.82) is 0 Å². The summed E-state index contributed by atoms with van der Waals surface area (Å²) >= 11 is 0. The van der Waals surface area contributed by atoms with Crippen LogP contribution in [0.3, 0.4) is 0 Å². The number of hydrogen-bond acceptors (Lipinski definition) is 3. The number of rotatable bonds is 2. The summed E-state index contributed by atoms with van der Waals surface area (Å²) < 4.78 is 18.6. The maximum Gasteiger partial charge on any atom is 0.359 e. The van der Waals surface area contributed by atoms with Crippen LogP contribution in [0.15, 0.2) is 0 Å². The smallest absolute Gasteiger partial charge is 0.359 e. The lowest BCUT2D eigenvalue weighted by molar-refractivity contribution is 0.0684. The van der Waals surface area contributed by atoms with Crippen molar-refractivity contribution < 1.29 is 19.0 Å². The zero-order valence-electron chi connectivity index (χ0n) is 6.54. The molecule has 66 valence electrons. The molecule has 0 saturated heterocycles. The third-order valence-electron chi connectivity index (χ3n) is 1.34. The molecule has 6 heteroatoms. The Morgan fingerprint density at radius 2 is 2.33 bits per heavy atom. The van der Waals surface area contributed by atoms with E-state index in [1.807, 2.05) is 0 Å². The van der Waals surface area contributed by atoms with Crippen LogP contribution in [-0.4, -0.2) is 28.0 Å². The van der Waals surface area contributed by atoms with Gasteiger partial charge < -0.3 is 9.84 Å². The maximum absolute atomic E-state index is 13.0. The molecular weight excluding hydrogens is 167 g/mol. The molecule has 0 atom stereocenters. The Bertz CT molecular complexity index is 321. The van der Waals surface area contributed by atoms with E-state index in [1.54, 1.807) is 0 Å². The summed E-state index contributed by atoms with van der Waals surface area (Å²) in [5.41, 5.74) is -0.630. The van der Waals surface area contributed by atoms with E-state index in [1.165, 1.54) is 14.2 Å². The van der Waals surface area contributed by atoms with Gasteiger partial charge in [0.2, 0.25) is 17.4 Å². The van der Waals surface area contributed by atoms with Crippen LogP contribution in [0.4, 0.5) is 4.39 Å². The van der Waals surface area contributed by atoms with E-state index in [4.69, 9.17) is 5.11 Å². The highest BCUT2D eigenvalue weighted by atomic mass is 19.1. The summed E-state index contributed by atoms with van der Waals surface area (Å²) in [7, 11) is 2.64. The predicted molar refractivity (Wildman–Crippen MR) is 36.7 cm³/mol. The van der Waals surface area contributed by atoms with Crippen molar-refractivity contribution in [2.24, 2.45) is 7.05 Å². The van der Waals surface area contributed by atoms with Crippen LogP contribution in [0.1, 0.15) is 10.5 Å². The number of carbonyl (C=O) groups is 1. The minimum Gasteiger partial charge on any atom is -0.479 e. The molecule has 0 aliphatic heterocycles. The topological polar surface area (TPSA) is 64.3 Å². The van der Waals surface area contributed by atoms with Crippen LogP contribution >= 0.6 is 0 Å². The van der Waals surface area contributed by atoms with Gasteiger partial charge in [-0.1, -0.05) is 0 Å². The van der Waals surface area contributed by atoms with Crippen LogP contribution in [0.25, 0.3) is 0 Å². The predicted octanol–water partition coefficient (Wildman–Crippen LogP) is 0.266. The standard InChI is InChI=1S/C6H7FN2O3/c1-9-5(12-2)3(7)4(8-9)6(10)11/h1-2H3,(H,10,11). The largest absolute Gasteiger partial charge is 0.479 e. The first-order valence-corrected chi connectivity index (χ1v) is 3.07. The summed E-state index contributed by atoms with van der Waals surface area (Å²) in [5, 5.41) is 11.8. The summed E-state index contributed by atoms with van der Waals surface area (Å²) in [4.78, 5) is 10.3. The van der Waals surface area contributed by atoms with Crippen molar-refractivity contribution in [2.75, 3.05) is 7.11 Å². The molecule has 1 rings (SSSR count). The second kappa shape index (κ2) is 2.80. The second-order valence-electron chi connectivity index (χ2n) is 2.10. The second-order valence-corrected chi connectivity index (χ2v) is 2.10. The number of aryl methyl sites for hydroxylation is 1. The van der Waals surface area contributed by atoms with E-state index >= 15 is 0 Å². The molecule has 0 bridgehead atoms. The highest BCUT2D eigenvalue weighted by molar-refractivity contribution is 5.86.